The van der Waals surface area contributed by atoms with Crippen molar-refractivity contribution in [3.63, 3.8) is 0 Å². The summed E-state index contributed by atoms with van der Waals surface area (Å²) in [4.78, 5) is 31.2. The topological polar surface area (TPSA) is 89.4 Å². The van der Waals surface area contributed by atoms with Crippen LogP contribution in [-0.4, -0.2) is 33.6 Å². The van der Waals surface area contributed by atoms with E-state index in [1.165, 1.54) is 31.2 Å². The third-order valence-electron chi connectivity index (χ3n) is 6.41. The molecule has 0 aliphatic carbocycles. The van der Waals surface area contributed by atoms with E-state index in [4.69, 9.17) is 9.84 Å². The van der Waals surface area contributed by atoms with Crippen molar-refractivity contribution in [1.29, 1.82) is 0 Å². The number of rotatable bonds is 7. The van der Waals surface area contributed by atoms with Crippen LogP contribution in [0.4, 0.5) is 26.3 Å². The first-order valence-corrected chi connectivity index (χ1v) is 13.3. The summed E-state index contributed by atoms with van der Waals surface area (Å²) in [5.41, 5.74) is 0.591. The quantitative estimate of drug-likeness (QED) is 0.165. The highest BCUT2D eigenvalue weighted by Crippen LogP contribution is 2.33. The molecule has 0 saturated heterocycles. The van der Waals surface area contributed by atoms with Gasteiger partial charge in [-0.15, -0.1) is 0 Å². The van der Waals surface area contributed by atoms with Gasteiger partial charge < -0.3 is 9.84 Å². The van der Waals surface area contributed by atoms with Crippen LogP contribution in [0.25, 0.3) is 22.5 Å². The molecule has 4 rings (SSSR count). The van der Waals surface area contributed by atoms with Gasteiger partial charge >= 0.3 is 24.3 Å². The van der Waals surface area contributed by atoms with Crippen LogP contribution in [0.5, 0.6) is 0 Å². The van der Waals surface area contributed by atoms with Gasteiger partial charge in [-0.05, 0) is 69.3 Å². The fourth-order valence-electron chi connectivity index (χ4n) is 3.93. The highest BCUT2D eigenvalue weighted by atomic mass is 19.4. The van der Waals surface area contributed by atoms with Crippen molar-refractivity contribution >= 4 is 11.9 Å². The van der Waals surface area contributed by atoms with Crippen molar-refractivity contribution in [2.24, 2.45) is 0 Å². The molecule has 44 heavy (non-hydrogen) atoms. The summed E-state index contributed by atoms with van der Waals surface area (Å²) in [6.07, 6.45) is -8.84. The van der Waals surface area contributed by atoms with E-state index in [9.17, 15) is 35.9 Å². The predicted molar refractivity (Wildman–Crippen MR) is 150 cm³/mol. The fourth-order valence-corrected chi connectivity index (χ4v) is 3.93. The summed E-state index contributed by atoms with van der Waals surface area (Å²) >= 11 is 0. The average molecular weight is 619 g/mol. The van der Waals surface area contributed by atoms with Gasteiger partial charge in [0.15, 0.2) is 0 Å². The summed E-state index contributed by atoms with van der Waals surface area (Å²) < 4.78 is 81.4. The molecule has 2 heterocycles. The van der Waals surface area contributed by atoms with Gasteiger partial charge in [0.25, 0.3) is 0 Å². The minimum absolute atomic E-state index is 0.260. The number of carboxylic acids is 1. The first-order chi connectivity index (χ1) is 20.6. The maximum Gasteiger partial charge on any atom is 0.416 e. The normalized spacial score (nSPS) is 12.8. The number of ether oxygens (including phenoxy) is 1. The van der Waals surface area contributed by atoms with Gasteiger partial charge in [-0.1, -0.05) is 36.4 Å². The summed E-state index contributed by atoms with van der Waals surface area (Å²) in [6, 6.07) is 19.3. The van der Waals surface area contributed by atoms with E-state index >= 15 is 0 Å². The Morgan fingerprint density at radius 2 is 1.11 bits per heavy atom. The lowest BCUT2D eigenvalue weighted by atomic mass is 10.0. The largest absolute Gasteiger partial charge is 0.481 e. The van der Waals surface area contributed by atoms with E-state index in [1.807, 2.05) is 0 Å². The predicted octanol–water partition coefficient (Wildman–Crippen LogP) is 8.39. The molecule has 4 aromatic rings. The van der Waals surface area contributed by atoms with E-state index in [0.29, 0.717) is 33.9 Å². The van der Waals surface area contributed by atoms with Crippen molar-refractivity contribution in [3.8, 4) is 22.5 Å². The Kier molecular flexibility index (Phi) is 10.9. The van der Waals surface area contributed by atoms with Gasteiger partial charge in [0.05, 0.1) is 52.3 Å². The van der Waals surface area contributed by atoms with Gasteiger partial charge in [0, 0.05) is 11.1 Å². The van der Waals surface area contributed by atoms with Crippen LogP contribution in [0.3, 0.4) is 0 Å². The number of hydrogen-bond donors (Lipinski definition) is 1. The second-order valence-corrected chi connectivity index (χ2v) is 9.59. The van der Waals surface area contributed by atoms with Gasteiger partial charge in [0.2, 0.25) is 0 Å². The van der Waals surface area contributed by atoms with Gasteiger partial charge in [-0.2, -0.15) is 26.3 Å². The molecule has 2 aromatic heterocycles. The zero-order valence-electron chi connectivity index (χ0n) is 23.8. The van der Waals surface area contributed by atoms with Crippen LogP contribution in [-0.2, 0) is 26.7 Å². The van der Waals surface area contributed by atoms with Crippen LogP contribution >= 0.6 is 0 Å². The number of alkyl halides is 6. The van der Waals surface area contributed by atoms with E-state index in [2.05, 4.69) is 9.97 Å². The molecule has 1 N–H and O–H groups in total. The van der Waals surface area contributed by atoms with Crippen LogP contribution in [0, 0.1) is 0 Å². The summed E-state index contributed by atoms with van der Waals surface area (Å²) in [5.74, 6) is -2.86. The number of carbonyl (C=O) groups is 2. The van der Waals surface area contributed by atoms with E-state index < -0.39 is 47.3 Å². The van der Waals surface area contributed by atoms with Crippen molar-refractivity contribution in [3.05, 3.63) is 107 Å². The maximum absolute atomic E-state index is 12.8. The minimum atomic E-state index is -4.43. The SMILES string of the molecule is CC(C(=O)O)c1cccc(-c2cccc(C(F)(F)F)c2)n1.CCOC(=O)C(C)c1cccc(-c2cccc(C(F)(F)F)c2)n1. The molecule has 0 amide bonds. The van der Waals surface area contributed by atoms with Crippen molar-refractivity contribution in [1.82, 2.24) is 9.97 Å². The zero-order valence-corrected chi connectivity index (χ0v) is 23.8. The maximum atomic E-state index is 12.8. The number of pyridine rings is 2. The first kappa shape index (κ1) is 33.8. The van der Waals surface area contributed by atoms with E-state index in [1.54, 1.807) is 50.2 Å². The lowest BCUT2D eigenvalue weighted by molar-refractivity contribution is -0.144. The summed E-state index contributed by atoms with van der Waals surface area (Å²) in [7, 11) is 0. The van der Waals surface area contributed by atoms with Crippen molar-refractivity contribution < 1.29 is 45.8 Å². The van der Waals surface area contributed by atoms with E-state index in [0.717, 1.165) is 24.3 Å². The molecular weight excluding hydrogens is 590 g/mol. The van der Waals surface area contributed by atoms with Crippen LogP contribution < -0.4 is 0 Å². The molecule has 6 nitrogen and oxygen atoms in total. The molecule has 0 aliphatic heterocycles. The molecule has 0 aliphatic rings. The second kappa shape index (κ2) is 14.2. The Labute approximate surface area is 249 Å². The van der Waals surface area contributed by atoms with Crippen LogP contribution in [0.1, 0.15) is 55.1 Å². The highest BCUT2D eigenvalue weighted by molar-refractivity contribution is 5.77. The molecule has 0 radical (unpaired) electrons. The highest BCUT2D eigenvalue weighted by Gasteiger charge is 2.31. The summed E-state index contributed by atoms with van der Waals surface area (Å²) in [6.45, 7) is 5.09. The van der Waals surface area contributed by atoms with Crippen molar-refractivity contribution in [2.45, 2.75) is 45.0 Å². The molecule has 0 bridgehead atoms. The van der Waals surface area contributed by atoms with Gasteiger partial charge in [0.1, 0.15) is 0 Å². The molecule has 2 aromatic carbocycles. The lowest BCUT2D eigenvalue weighted by Gasteiger charge is -2.12. The van der Waals surface area contributed by atoms with Crippen LogP contribution in [0.15, 0.2) is 84.9 Å². The number of nitrogens with zero attached hydrogens (tertiary/aromatic N) is 2. The Morgan fingerprint density at radius 3 is 1.50 bits per heavy atom. The smallest absolute Gasteiger partial charge is 0.416 e. The number of carboxylic acid groups (broad SMARTS) is 1. The monoisotopic (exact) mass is 618 g/mol. The molecule has 0 fully saturated rings. The Bertz CT molecular complexity index is 1600. The minimum Gasteiger partial charge on any atom is -0.481 e. The Balaban J connectivity index is 0.000000241. The third-order valence-corrected chi connectivity index (χ3v) is 6.41. The fraction of sp³-hybridized carbons (Fsp3) is 0.250. The van der Waals surface area contributed by atoms with Crippen molar-refractivity contribution in [2.75, 3.05) is 6.61 Å². The Hall–Kier alpha value is -4.74. The number of aliphatic carboxylic acids is 1. The average Bonchev–Trinajstić information content (AvgIpc) is 3.00. The molecular formula is C32H28F6N2O4. The molecule has 12 heteroatoms. The molecule has 0 spiro atoms. The number of aromatic nitrogens is 2. The summed E-state index contributed by atoms with van der Waals surface area (Å²) in [5, 5.41) is 8.96. The molecule has 0 saturated carbocycles. The number of carbonyl (C=O) groups excluding carboxylic acids is 1. The molecule has 2 unspecified atom stereocenters. The zero-order chi connectivity index (χ0) is 32.7. The molecule has 2 atom stereocenters. The third kappa shape index (κ3) is 8.88. The number of benzene rings is 2. The number of halogens is 6. The van der Waals surface area contributed by atoms with Gasteiger partial charge in [-0.25, -0.2) is 0 Å². The standard InChI is InChI=1S/C17H16F3NO2.C15H12F3NO2/c1-3-23-16(22)11(2)14-8-5-9-15(21-14)12-6-4-7-13(10-12)17(18,19)20;1-9(14(20)21)12-6-3-7-13(19-12)10-4-2-5-11(8-10)15(16,17)18/h4-11H,3H2,1-2H3;2-9H,1H3,(H,20,21). The number of hydrogen-bond acceptors (Lipinski definition) is 5. The lowest BCUT2D eigenvalue weighted by Crippen LogP contribution is -2.14. The first-order valence-electron chi connectivity index (χ1n) is 13.3. The second-order valence-electron chi connectivity index (χ2n) is 9.59. The molecule has 232 valence electrons. The van der Waals surface area contributed by atoms with Crippen LogP contribution in [0.2, 0.25) is 0 Å². The van der Waals surface area contributed by atoms with E-state index in [-0.39, 0.29) is 6.61 Å². The Morgan fingerprint density at radius 1 is 0.705 bits per heavy atom. The number of esters is 1. The van der Waals surface area contributed by atoms with Gasteiger partial charge in [-0.3, -0.25) is 19.6 Å².